The monoisotopic (exact) mass is 326 g/mol. The first-order valence-electron chi connectivity index (χ1n) is 6.48. The molecular formula is C15H13ClF2N2O2. The topological polar surface area (TPSA) is 51.2 Å². The lowest BCUT2D eigenvalue weighted by molar-refractivity contribution is -0.0498. The van der Waals surface area contributed by atoms with Crippen LogP contribution in [0.3, 0.4) is 0 Å². The maximum atomic E-state index is 12.0. The van der Waals surface area contributed by atoms with Crippen LogP contribution in [0.4, 0.5) is 8.78 Å². The van der Waals surface area contributed by atoms with Crippen LogP contribution < -0.4 is 10.1 Å². The van der Waals surface area contributed by atoms with E-state index in [0.717, 1.165) is 5.56 Å². The van der Waals surface area contributed by atoms with E-state index in [1.54, 1.807) is 18.2 Å². The molecule has 0 saturated carbocycles. The van der Waals surface area contributed by atoms with Crippen molar-refractivity contribution in [3.05, 3.63) is 58.9 Å². The van der Waals surface area contributed by atoms with Crippen molar-refractivity contribution in [1.82, 2.24) is 10.3 Å². The number of carbonyl (C=O) groups is 1. The van der Waals surface area contributed by atoms with Gasteiger partial charge in [-0.25, -0.2) is 4.98 Å². The fraction of sp³-hybridized carbons (Fsp3) is 0.200. The van der Waals surface area contributed by atoms with E-state index in [1.165, 1.54) is 24.4 Å². The van der Waals surface area contributed by atoms with Crippen LogP contribution in [0.5, 0.6) is 5.75 Å². The molecule has 0 aliphatic heterocycles. The Morgan fingerprint density at radius 1 is 1.27 bits per heavy atom. The SMILES string of the molecule is O=C(NCCc1ccc(OC(F)F)cc1)c1ccnc(Cl)c1. The highest BCUT2D eigenvalue weighted by molar-refractivity contribution is 6.29. The number of ether oxygens (including phenoxy) is 1. The molecule has 0 fully saturated rings. The summed E-state index contributed by atoms with van der Waals surface area (Å²) in [6.45, 7) is -2.43. The highest BCUT2D eigenvalue weighted by Crippen LogP contribution is 2.15. The highest BCUT2D eigenvalue weighted by Gasteiger charge is 2.06. The van der Waals surface area contributed by atoms with Gasteiger partial charge in [0.05, 0.1) is 0 Å². The Labute approximate surface area is 131 Å². The predicted molar refractivity (Wildman–Crippen MR) is 78.4 cm³/mol. The van der Waals surface area contributed by atoms with Crippen molar-refractivity contribution in [2.75, 3.05) is 6.54 Å². The van der Waals surface area contributed by atoms with Crippen LogP contribution in [0, 0.1) is 0 Å². The largest absolute Gasteiger partial charge is 0.435 e. The molecular weight excluding hydrogens is 314 g/mol. The molecule has 0 aliphatic carbocycles. The number of carbonyl (C=O) groups excluding carboxylic acids is 1. The van der Waals surface area contributed by atoms with Gasteiger partial charge in [0.25, 0.3) is 5.91 Å². The molecule has 0 aliphatic rings. The van der Waals surface area contributed by atoms with E-state index < -0.39 is 6.61 Å². The first kappa shape index (κ1) is 16.2. The van der Waals surface area contributed by atoms with Gasteiger partial charge in [0.2, 0.25) is 0 Å². The molecule has 0 atom stereocenters. The smallest absolute Gasteiger partial charge is 0.387 e. The summed E-state index contributed by atoms with van der Waals surface area (Å²) in [7, 11) is 0. The number of amides is 1. The maximum absolute atomic E-state index is 12.0. The Balaban J connectivity index is 1.82. The average Bonchev–Trinajstić information content (AvgIpc) is 2.48. The standard InChI is InChI=1S/C15H13ClF2N2O2/c16-13-9-11(6-8-19-13)14(21)20-7-5-10-1-3-12(4-2-10)22-15(17)18/h1-4,6,8-9,15H,5,7H2,(H,20,21). The van der Waals surface area contributed by atoms with Gasteiger partial charge in [0, 0.05) is 18.3 Å². The van der Waals surface area contributed by atoms with Crippen molar-refractivity contribution in [2.45, 2.75) is 13.0 Å². The van der Waals surface area contributed by atoms with Crippen LogP contribution in [0.1, 0.15) is 15.9 Å². The Hall–Kier alpha value is -2.21. The van der Waals surface area contributed by atoms with Crippen LogP contribution in [-0.4, -0.2) is 24.0 Å². The van der Waals surface area contributed by atoms with Crippen LogP contribution >= 0.6 is 11.6 Å². The number of rotatable bonds is 6. The summed E-state index contributed by atoms with van der Waals surface area (Å²) in [5, 5.41) is 3.00. The molecule has 0 radical (unpaired) electrons. The second-order valence-electron chi connectivity index (χ2n) is 4.40. The normalized spacial score (nSPS) is 10.5. The molecule has 0 saturated heterocycles. The quantitative estimate of drug-likeness (QED) is 0.829. The number of hydrogen-bond donors (Lipinski definition) is 1. The number of pyridine rings is 1. The van der Waals surface area contributed by atoms with Crippen molar-refractivity contribution < 1.29 is 18.3 Å². The summed E-state index contributed by atoms with van der Waals surface area (Å²) >= 11 is 5.71. The minimum Gasteiger partial charge on any atom is -0.435 e. The molecule has 2 rings (SSSR count). The van der Waals surface area contributed by atoms with Crippen molar-refractivity contribution in [1.29, 1.82) is 0 Å². The van der Waals surface area contributed by atoms with Crippen LogP contribution in [0.2, 0.25) is 5.15 Å². The molecule has 7 heteroatoms. The summed E-state index contributed by atoms with van der Waals surface area (Å²) in [5.41, 5.74) is 1.33. The summed E-state index contributed by atoms with van der Waals surface area (Å²) in [6.07, 6.45) is 2.03. The van der Waals surface area contributed by atoms with Crippen molar-refractivity contribution >= 4 is 17.5 Å². The Morgan fingerprint density at radius 3 is 2.64 bits per heavy atom. The van der Waals surface area contributed by atoms with Crippen LogP contribution in [0.15, 0.2) is 42.6 Å². The van der Waals surface area contributed by atoms with Crippen molar-refractivity contribution in [2.24, 2.45) is 0 Å². The summed E-state index contributed by atoms with van der Waals surface area (Å²) in [4.78, 5) is 15.7. The highest BCUT2D eigenvalue weighted by atomic mass is 35.5. The molecule has 0 unspecified atom stereocenters. The number of hydrogen-bond acceptors (Lipinski definition) is 3. The van der Waals surface area contributed by atoms with Gasteiger partial charge in [0.15, 0.2) is 0 Å². The molecule has 0 bridgehead atoms. The molecule has 2 aromatic rings. The third-order valence-corrected chi connectivity index (χ3v) is 3.04. The Bertz CT molecular complexity index is 636. The Morgan fingerprint density at radius 2 is 2.00 bits per heavy atom. The van der Waals surface area contributed by atoms with Crippen LogP contribution in [0.25, 0.3) is 0 Å². The van der Waals surface area contributed by atoms with Gasteiger partial charge in [0.1, 0.15) is 10.9 Å². The van der Waals surface area contributed by atoms with Gasteiger partial charge in [-0.15, -0.1) is 0 Å². The van der Waals surface area contributed by atoms with Gasteiger partial charge in [-0.1, -0.05) is 23.7 Å². The predicted octanol–water partition coefficient (Wildman–Crippen LogP) is 3.31. The zero-order valence-corrected chi connectivity index (χ0v) is 12.2. The third kappa shape index (κ3) is 4.96. The second-order valence-corrected chi connectivity index (χ2v) is 4.78. The van der Waals surface area contributed by atoms with Gasteiger partial charge in [-0.3, -0.25) is 4.79 Å². The van der Waals surface area contributed by atoms with E-state index in [9.17, 15) is 13.6 Å². The average molecular weight is 327 g/mol. The lowest BCUT2D eigenvalue weighted by Gasteiger charge is -2.07. The molecule has 1 heterocycles. The second kappa shape index (κ2) is 7.70. The maximum Gasteiger partial charge on any atom is 0.387 e. The fourth-order valence-corrected chi connectivity index (χ4v) is 1.98. The lowest BCUT2D eigenvalue weighted by Crippen LogP contribution is -2.25. The van der Waals surface area contributed by atoms with E-state index in [1.807, 2.05) is 0 Å². The number of nitrogens with zero attached hydrogens (tertiary/aromatic N) is 1. The molecule has 22 heavy (non-hydrogen) atoms. The van der Waals surface area contributed by atoms with E-state index in [-0.39, 0.29) is 16.8 Å². The van der Waals surface area contributed by atoms with Crippen LogP contribution in [-0.2, 0) is 6.42 Å². The molecule has 4 nitrogen and oxygen atoms in total. The van der Waals surface area contributed by atoms with E-state index in [2.05, 4.69) is 15.0 Å². The summed E-state index contributed by atoms with van der Waals surface area (Å²) in [6, 6.07) is 9.32. The first-order chi connectivity index (χ1) is 10.5. The zero-order valence-electron chi connectivity index (χ0n) is 11.4. The fourth-order valence-electron chi connectivity index (χ4n) is 1.80. The van der Waals surface area contributed by atoms with E-state index >= 15 is 0 Å². The molecule has 1 aromatic heterocycles. The minimum absolute atomic E-state index is 0.106. The molecule has 1 N–H and O–H groups in total. The number of benzene rings is 1. The zero-order chi connectivity index (χ0) is 15.9. The van der Waals surface area contributed by atoms with Crippen molar-refractivity contribution in [3.8, 4) is 5.75 Å². The van der Waals surface area contributed by atoms with Crippen molar-refractivity contribution in [3.63, 3.8) is 0 Å². The molecule has 0 spiro atoms. The number of halogens is 3. The summed E-state index contributed by atoms with van der Waals surface area (Å²) < 4.78 is 28.3. The minimum atomic E-state index is -2.84. The van der Waals surface area contributed by atoms with Gasteiger partial charge in [-0.2, -0.15) is 8.78 Å². The van der Waals surface area contributed by atoms with E-state index in [4.69, 9.17) is 11.6 Å². The molecule has 116 valence electrons. The molecule has 1 aromatic carbocycles. The lowest BCUT2D eigenvalue weighted by atomic mass is 10.1. The van der Waals surface area contributed by atoms with Gasteiger partial charge >= 0.3 is 6.61 Å². The number of alkyl halides is 2. The third-order valence-electron chi connectivity index (χ3n) is 2.84. The first-order valence-corrected chi connectivity index (χ1v) is 6.86. The summed E-state index contributed by atoms with van der Waals surface area (Å²) in [5.74, 6) is -0.142. The van der Waals surface area contributed by atoms with Gasteiger partial charge < -0.3 is 10.1 Å². The Kier molecular flexibility index (Phi) is 5.66. The number of nitrogens with one attached hydrogen (secondary N) is 1. The van der Waals surface area contributed by atoms with E-state index in [0.29, 0.717) is 18.5 Å². The number of aromatic nitrogens is 1. The van der Waals surface area contributed by atoms with Gasteiger partial charge in [-0.05, 0) is 36.2 Å². The molecule has 1 amide bonds.